The van der Waals surface area contributed by atoms with E-state index in [4.69, 9.17) is 0 Å². The normalized spacial score (nSPS) is 11.4. The monoisotopic (exact) mass is 454 g/mol. The van der Waals surface area contributed by atoms with Crippen LogP contribution in [0.4, 0.5) is 0 Å². The number of aromatic hydroxyl groups is 4. The van der Waals surface area contributed by atoms with E-state index in [1.807, 2.05) is 0 Å². The molecule has 0 saturated heterocycles. The minimum atomic E-state index is 0.138. The zero-order valence-corrected chi connectivity index (χ0v) is 20.2. The van der Waals surface area contributed by atoms with Crippen LogP contribution >= 0.6 is 0 Å². The molecule has 0 aromatic heterocycles. The van der Waals surface area contributed by atoms with Crippen LogP contribution in [0.2, 0.25) is 0 Å². The van der Waals surface area contributed by atoms with Crippen LogP contribution in [0.3, 0.4) is 0 Å². The molecule has 0 aliphatic heterocycles. The molecule has 33 heavy (non-hydrogen) atoms. The summed E-state index contributed by atoms with van der Waals surface area (Å²) in [6, 6.07) is 8.36. The van der Waals surface area contributed by atoms with Gasteiger partial charge in [0.15, 0.2) is 0 Å². The highest BCUT2D eigenvalue weighted by atomic mass is 16.3. The standard InChI is InChI=1S/C29H42O4/c1-23-28(32)20-25(21-29(23)33)17-15-13-11-9-7-5-3-2-4-6-8-10-12-14-16-24-18-26(30)22-27(31)19-24/h2-3,18-22,30-33H,4-17H2,1H3/b3-2-. The second-order valence-electron chi connectivity index (χ2n) is 9.20. The van der Waals surface area contributed by atoms with Crippen molar-refractivity contribution >= 4 is 0 Å². The summed E-state index contributed by atoms with van der Waals surface area (Å²) in [6.07, 6.45) is 20.8. The van der Waals surface area contributed by atoms with Crippen molar-refractivity contribution in [1.29, 1.82) is 0 Å². The minimum Gasteiger partial charge on any atom is -0.508 e. The molecule has 0 aliphatic carbocycles. The molecular weight excluding hydrogens is 412 g/mol. The number of hydrogen-bond acceptors (Lipinski definition) is 4. The molecule has 0 aliphatic rings. The maximum Gasteiger partial charge on any atom is 0.122 e. The van der Waals surface area contributed by atoms with Gasteiger partial charge in [0.05, 0.1) is 0 Å². The van der Waals surface area contributed by atoms with Gasteiger partial charge in [-0.2, -0.15) is 0 Å². The molecule has 182 valence electrons. The third-order valence-corrected chi connectivity index (χ3v) is 6.21. The lowest BCUT2D eigenvalue weighted by molar-refractivity contribution is 0.441. The fraction of sp³-hybridized carbons (Fsp3) is 0.517. The van der Waals surface area contributed by atoms with E-state index in [0.29, 0.717) is 5.56 Å². The molecule has 0 radical (unpaired) electrons. The van der Waals surface area contributed by atoms with Gasteiger partial charge in [-0.1, -0.05) is 50.7 Å². The molecule has 0 unspecified atom stereocenters. The van der Waals surface area contributed by atoms with E-state index in [-0.39, 0.29) is 23.0 Å². The minimum absolute atomic E-state index is 0.138. The summed E-state index contributed by atoms with van der Waals surface area (Å²) in [6.45, 7) is 1.72. The summed E-state index contributed by atoms with van der Waals surface area (Å²) in [5.74, 6) is 0.643. The van der Waals surface area contributed by atoms with Crippen molar-refractivity contribution in [3.63, 3.8) is 0 Å². The van der Waals surface area contributed by atoms with Gasteiger partial charge in [-0.15, -0.1) is 0 Å². The fourth-order valence-corrected chi connectivity index (χ4v) is 4.16. The molecule has 2 aromatic rings. The van der Waals surface area contributed by atoms with Crippen molar-refractivity contribution in [2.75, 3.05) is 0 Å². The quantitative estimate of drug-likeness (QED) is 0.154. The molecule has 4 heteroatoms. The number of rotatable bonds is 16. The Kier molecular flexibility index (Phi) is 12.3. The Balaban J connectivity index is 1.37. The van der Waals surface area contributed by atoms with E-state index >= 15 is 0 Å². The van der Waals surface area contributed by atoms with Gasteiger partial charge in [0.25, 0.3) is 0 Å². The molecule has 4 N–H and O–H groups in total. The fourth-order valence-electron chi connectivity index (χ4n) is 4.16. The third kappa shape index (κ3) is 11.2. The highest BCUT2D eigenvalue weighted by Gasteiger charge is 2.05. The number of phenolic OH excluding ortho intramolecular Hbond substituents is 4. The Morgan fingerprint density at radius 2 is 0.909 bits per heavy atom. The predicted molar refractivity (Wildman–Crippen MR) is 136 cm³/mol. The Labute approximate surface area is 199 Å². The van der Waals surface area contributed by atoms with Gasteiger partial charge in [0, 0.05) is 11.6 Å². The number of allylic oxidation sites excluding steroid dienone is 2. The van der Waals surface area contributed by atoms with Crippen LogP contribution in [-0.4, -0.2) is 20.4 Å². The molecule has 0 bridgehead atoms. The molecule has 2 rings (SSSR count). The van der Waals surface area contributed by atoms with E-state index in [2.05, 4.69) is 12.2 Å². The molecule has 0 heterocycles. The molecule has 2 aromatic carbocycles. The van der Waals surface area contributed by atoms with Crippen LogP contribution < -0.4 is 0 Å². The first-order valence-electron chi connectivity index (χ1n) is 12.6. The van der Waals surface area contributed by atoms with Crippen LogP contribution in [0, 0.1) is 6.92 Å². The first-order valence-corrected chi connectivity index (χ1v) is 12.6. The lowest BCUT2D eigenvalue weighted by Crippen LogP contribution is -1.88. The first kappa shape index (κ1) is 26.6. The number of benzene rings is 2. The van der Waals surface area contributed by atoms with Crippen LogP contribution in [0.1, 0.15) is 93.7 Å². The van der Waals surface area contributed by atoms with Gasteiger partial charge >= 0.3 is 0 Å². The molecule has 0 amide bonds. The highest BCUT2D eigenvalue weighted by Crippen LogP contribution is 2.28. The van der Waals surface area contributed by atoms with Crippen LogP contribution in [0.15, 0.2) is 42.5 Å². The summed E-state index contributed by atoms with van der Waals surface area (Å²) in [5.41, 5.74) is 2.56. The topological polar surface area (TPSA) is 80.9 Å². The summed E-state index contributed by atoms with van der Waals surface area (Å²) >= 11 is 0. The maximum absolute atomic E-state index is 9.78. The Bertz CT molecular complexity index is 813. The smallest absolute Gasteiger partial charge is 0.122 e. The van der Waals surface area contributed by atoms with E-state index in [9.17, 15) is 20.4 Å². The Morgan fingerprint density at radius 3 is 1.39 bits per heavy atom. The molecule has 0 spiro atoms. The SMILES string of the molecule is Cc1c(O)cc(CCCCCCC/C=C\CCCCCCCc2cc(O)cc(O)c2)cc1O. The maximum atomic E-state index is 9.78. The zero-order valence-electron chi connectivity index (χ0n) is 20.2. The molecule has 0 fully saturated rings. The summed E-state index contributed by atoms with van der Waals surface area (Å²) in [5, 5.41) is 38.6. The van der Waals surface area contributed by atoms with Crippen molar-refractivity contribution in [3.05, 3.63) is 59.2 Å². The summed E-state index contributed by atoms with van der Waals surface area (Å²) in [7, 11) is 0. The number of aryl methyl sites for hydroxylation is 2. The van der Waals surface area contributed by atoms with Crippen molar-refractivity contribution < 1.29 is 20.4 Å². The first-order chi connectivity index (χ1) is 16.0. The van der Waals surface area contributed by atoms with Crippen LogP contribution in [0.5, 0.6) is 23.0 Å². The Hall–Kier alpha value is -2.62. The average molecular weight is 455 g/mol. The third-order valence-electron chi connectivity index (χ3n) is 6.21. The largest absolute Gasteiger partial charge is 0.508 e. The molecule has 4 nitrogen and oxygen atoms in total. The molecule has 0 saturated carbocycles. The van der Waals surface area contributed by atoms with Gasteiger partial charge in [-0.05, 0) is 93.7 Å². The van der Waals surface area contributed by atoms with Crippen molar-refractivity contribution in [3.8, 4) is 23.0 Å². The van der Waals surface area contributed by atoms with Gasteiger partial charge in [0.1, 0.15) is 23.0 Å². The van der Waals surface area contributed by atoms with Crippen molar-refractivity contribution in [2.24, 2.45) is 0 Å². The number of phenols is 4. The average Bonchev–Trinajstić information content (AvgIpc) is 2.76. The predicted octanol–water partition coefficient (Wildman–Crippen LogP) is 7.84. The number of unbranched alkanes of at least 4 members (excludes halogenated alkanes) is 10. The second-order valence-corrected chi connectivity index (χ2v) is 9.20. The van der Waals surface area contributed by atoms with Crippen LogP contribution in [0.25, 0.3) is 0 Å². The zero-order chi connectivity index (χ0) is 23.9. The lowest BCUT2D eigenvalue weighted by atomic mass is 10.0. The van der Waals surface area contributed by atoms with Gasteiger partial charge < -0.3 is 20.4 Å². The molecular formula is C29H42O4. The van der Waals surface area contributed by atoms with E-state index in [0.717, 1.165) is 49.7 Å². The van der Waals surface area contributed by atoms with E-state index < -0.39 is 0 Å². The number of hydrogen-bond donors (Lipinski definition) is 4. The highest BCUT2D eigenvalue weighted by molar-refractivity contribution is 5.45. The molecule has 0 atom stereocenters. The van der Waals surface area contributed by atoms with Gasteiger partial charge in [0.2, 0.25) is 0 Å². The summed E-state index contributed by atoms with van der Waals surface area (Å²) in [4.78, 5) is 0. The van der Waals surface area contributed by atoms with Gasteiger partial charge in [-0.25, -0.2) is 0 Å². The second kappa shape index (κ2) is 15.3. The van der Waals surface area contributed by atoms with Crippen molar-refractivity contribution in [2.45, 2.75) is 96.8 Å². The van der Waals surface area contributed by atoms with E-state index in [1.54, 1.807) is 31.2 Å². The lowest BCUT2D eigenvalue weighted by Gasteiger charge is -2.07. The van der Waals surface area contributed by atoms with Gasteiger partial charge in [-0.3, -0.25) is 0 Å². The summed E-state index contributed by atoms with van der Waals surface area (Å²) < 4.78 is 0. The van der Waals surface area contributed by atoms with E-state index in [1.165, 1.54) is 57.4 Å². The Morgan fingerprint density at radius 1 is 0.515 bits per heavy atom. The van der Waals surface area contributed by atoms with Crippen LogP contribution in [-0.2, 0) is 12.8 Å². The van der Waals surface area contributed by atoms with Crippen molar-refractivity contribution in [1.82, 2.24) is 0 Å².